The van der Waals surface area contributed by atoms with Crippen molar-refractivity contribution in [3.63, 3.8) is 0 Å². The molecule has 0 spiro atoms. The van der Waals surface area contributed by atoms with Gasteiger partial charge in [-0.15, -0.1) is 25.6 Å². The molecular weight excluding hydrogens is 353 g/mol. The molecule has 0 amide bonds. The summed E-state index contributed by atoms with van der Waals surface area (Å²) < 4.78 is 40.5. The molecule has 1 saturated carbocycles. The molecule has 0 aromatic heterocycles. The highest BCUT2D eigenvalue weighted by Gasteiger charge is 2.31. The van der Waals surface area contributed by atoms with E-state index in [1.807, 2.05) is 0 Å². The highest BCUT2D eigenvalue weighted by molar-refractivity contribution is 5.85. The van der Waals surface area contributed by atoms with Gasteiger partial charge in [-0.1, -0.05) is 12.1 Å². The number of benzene rings is 1. The van der Waals surface area contributed by atoms with Crippen LogP contribution in [0.25, 0.3) is 0 Å². The molecule has 3 rings (SSSR count). The molecule has 3 nitrogen and oxygen atoms in total. The number of hydrogen-bond acceptors (Lipinski definition) is 3. The van der Waals surface area contributed by atoms with E-state index in [-0.39, 0.29) is 24.2 Å². The molecule has 0 bridgehead atoms. The van der Waals surface area contributed by atoms with Crippen molar-refractivity contribution < 1.29 is 17.9 Å². The predicted octanol–water partition coefficient (Wildman–Crippen LogP) is 4.53. The average Bonchev–Trinajstić information content (AvgIpc) is 3.36. The van der Waals surface area contributed by atoms with E-state index in [2.05, 4.69) is 21.9 Å². The molecule has 1 unspecified atom stereocenters. The van der Waals surface area contributed by atoms with Crippen molar-refractivity contribution in [1.29, 1.82) is 0 Å². The zero-order valence-electron chi connectivity index (χ0n) is 14.4. The first-order valence-electron chi connectivity index (χ1n) is 8.74. The van der Waals surface area contributed by atoms with E-state index in [1.165, 1.54) is 25.0 Å². The zero-order valence-corrected chi connectivity index (χ0v) is 15.2. The van der Waals surface area contributed by atoms with Crippen LogP contribution >= 0.6 is 12.4 Å². The molecule has 142 valence electrons. The van der Waals surface area contributed by atoms with Crippen LogP contribution in [-0.4, -0.2) is 36.9 Å². The largest absolute Gasteiger partial charge is 0.573 e. The number of likely N-dealkylation sites (tertiary alicyclic amines) is 1. The van der Waals surface area contributed by atoms with Gasteiger partial charge in [0.05, 0.1) is 0 Å². The average molecular weight is 379 g/mol. The summed E-state index contributed by atoms with van der Waals surface area (Å²) in [7, 11) is 0. The van der Waals surface area contributed by atoms with E-state index in [0.717, 1.165) is 44.0 Å². The number of rotatable bonds is 6. The lowest BCUT2D eigenvalue weighted by Gasteiger charge is -2.36. The third kappa shape index (κ3) is 6.35. The van der Waals surface area contributed by atoms with Crippen molar-refractivity contribution >= 4 is 12.4 Å². The van der Waals surface area contributed by atoms with Gasteiger partial charge in [0, 0.05) is 25.2 Å². The Balaban J connectivity index is 0.00000225. The number of nitrogens with one attached hydrogen (secondary N) is 1. The van der Waals surface area contributed by atoms with Gasteiger partial charge in [-0.05, 0) is 62.8 Å². The Labute approximate surface area is 153 Å². The molecule has 1 aliphatic carbocycles. The lowest BCUT2D eigenvalue weighted by Crippen LogP contribution is -2.43. The molecule has 2 fully saturated rings. The van der Waals surface area contributed by atoms with Crippen LogP contribution in [0, 0.1) is 5.92 Å². The summed E-state index contributed by atoms with van der Waals surface area (Å²) in [5.41, 5.74) is 1.02. The second kappa shape index (κ2) is 8.60. The van der Waals surface area contributed by atoms with Gasteiger partial charge in [-0.2, -0.15) is 0 Å². The molecule has 2 aliphatic rings. The molecule has 1 saturated heterocycles. The van der Waals surface area contributed by atoms with E-state index in [9.17, 15) is 13.2 Å². The summed E-state index contributed by atoms with van der Waals surface area (Å²) in [6.45, 7) is 5.30. The quantitative estimate of drug-likeness (QED) is 0.787. The summed E-state index contributed by atoms with van der Waals surface area (Å²) in [4.78, 5) is 2.40. The third-order valence-corrected chi connectivity index (χ3v) is 5.07. The van der Waals surface area contributed by atoms with E-state index in [0.29, 0.717) is 6.04 Å². The minimum Gasteiger partial charge on any atom is -0.406 e. The first-order chi connectivity index (χ1) is 11.4. The number of piperidine rings is 1. The monoisotopic (exact) mass is 378 g/mol. The fourth-order valence-electron chi connectivity index (χ4n) is 3.31. The van der Waals surface area contributed by atoms with Crippen LogP contribution in [-0.2, 0) is 0 Å². The van der Waals surface area contributed by atoms with E-state index in [1.54, 1.807) is 12.1 Å². The van der Waals surface area contributed by atoms with Gasteiger partial charge in [0.1, 0.15) is 5.75 Å². The molecule has 1 aliphatic heterocycles. The fraction of sp³-hybridized carbons (Fsp3) is 0.667. The van der Waals surface area contributed by atoms with Crippen molar-refractivity contribution in [2.75, 3.05) is 19.6 Å². The zero-order chi connectivity index (χ0) is 17.2. The van der Waals surface area contributed by atoms with Gasteiger partial charge in [-0.3, -0.25) is 4.90 Å². The lowest BCUT2D eigenvalue weighted by molar-refractivity contribution is -0.274. The highest BCUT2D eigenvalue weighted by Crippen LogP contribution is 2.30. The highest BCUT2D eigenvalue weighted by atomic mass is 35.5. The molecule has 7 heteroatoms. The van der Waals surface area contributed by atoms with Gasteiger partial charge < -0.3 is 10.1 Å². The normalized spacial score (nSPS) is 20.8. The van der Waals surface area contributed by atoms with Gasteiger partial charge >= 0.3 is 6.36 Å². The van der Waals surface area contributed by atoms with Crippen molar-refractivity contribution in [3.8, 4) is 5.75 Å². The Hall–Kier alpha value is -0.980. The van der Waals surface area contributed by atoms with Crippen molar-refractivity contribution in [3.05, 3.63) is 29.8 Å². The SMILES string of the molecule is CC(c1ccc(OC(F)(F)F)cc1)N1CCC(NCC2CC2)CC1.Cl. The Kier molecular flexibility index (Phi) is 7.00. The fourth-order valence-corrected chi connectivity index (χ4v) is 3.31. The molecule has 25 heavy (non-hydrogen) atoms. The van der Waals surface area contributed by atoms with Gasteiger partial charge in [0.15, 0.2) is 0 Å². The summed E-state index contributed by atoms with van der Waals surface area (Å²) in [6, 6.07) is 7.05. The van der Waals surface area contributed by atoms with Crippen molar-refractivity contribution in [1.82, 2.24) is 10.2 Å². The number of halogens is 4. The summed E-state index contributed by atoms with van der Waals surface area (Å²) in [6.07, 6.45) is 0.370. The lowest BCUT2D eigenvalue weighted by atomic mass is 10.00. The summed E-state index contributed by atoms with van der Waals surface area (Å²) in [5, 5.41) is 3.66. The Bertz CT molecular complexity index is 526. The molecule has 0 radical (unpaired) electrons. The number of alkyl halides is 3. The maximum atomic E-state index is 12.2. The molecule has 1 atom stereocenters. The second-order valence-electron chi connectivity index (χ2n) is 6.95. The van der Waals surface area contributed by atoms with E-state index < -0.39 is 6.36 Å². The van der Waals surface area contributed by atoms with Crippen LogP contribution in [0.5, 0.6) is 5.75 Å². The summed E-state index contributed by atoms with van der Waals surface area (Å²) >= 11 is 0. The smallest absolute Gasteiger partial charge is 0.406 e. The standard InChI is InChI=1S/C18H25F3N2O.ClH/c1-13(15-4-6-17(7-5-15)24-18(19,20)21)23-10-8-16(9-11-23)22-12-14-2-3-14;/h4-7,13-14,16,22H,2-3,8-12H2,1H3;1H. The van der Waals surface area contributed by atoms with Crippen LogP contribution in [0.2, 0.25) is 0 Å². The summed E-state index contributed by atoms with van der Waals surface area (Å²) in [5.74, 6) is 0.737. The molecule has 1 aromatic carbocycles. The van der Waals surface area contributed by atoms with Crippen LogP contribution in [0.4, 0.5) is 13.2 Å². The minimum atomic E-state index is -4.64. The van der Waals surface area contributed by atoms with Crippen LogP contribution in [0.3, 0.4) is 0 Å². The Morgan fingerprint density at radius 1 is 1.12 bits per heavy atom. The predicted molar refractivity (Wildman–Crippen MR) is 94.1 cm³/mol. The van der Waals surface area contributed by atoms with E-state index >= 15 is 0 Å². The molecule has 1 aromatic rings. The molecule has 1 heterocycles. The first-order valence-corrected chi connectivity index (χ1v) is 8.74. The van der Waals surface area contributed by atoms with Crippen LogP contribution in [0.15, 0.2) is 24.3 Å². The number of nitrogens with zero attached hydrogens (tertiary/aromatic N) is 1. The maximum absolute atomic E-state index is 12.2. The van der Waals surface area contributed by atoms with Crippen molar-refractivity contribution in [2.45, 2.75) is 51.1 Å². The third-order valence-electron chi connectivity index (χ3n) is 5.07. The van der Waals surface area contributed by atoms with E-state index in [4.69, 9.17) is 0 Å². The molecular formula is C18H26ClF3N2O. The minimum absolute atomic E-state index is 0. The van der Waals surface area contributed by atoms with Crippen molar-refractivity contribution in [2.24, 2.45) is 5.92 Å². The number of ether oxygens (including phenoxy) is 1. The second-order valence-corrected chi connectivity index (χ2v) is 6.95. The van der Waals surface area contributed by atoms with Gasteiger partial charge in [-0.25, -0.2) is 0 Å². The first kappa shape index (κ1) is 20.3. The topological polar surface area (TPSA) is 24.5 Å². The molecule has 1 N–H and O–H groups in total. The van der Waals surface area contributed by atoms with Crippen LogP contribution < -0.4 is 10.1 Å². The van der Waals surface area contributed by atoms with Gasteiger partial charge in [0.25, 0.3) is 0 Å². The Morgan fingerprint density at radius 2 is 1.72 bits per heavy atom. The Morgan fingerprint density at radius 3 is 2.24 bits per heavy atom. The van der Waals surface area contributed by atoms with Gasteiger partial charge in [0.2, 0.25) is 0 Å². The van der Waals surface area contributed by atoms with Crippen LogP contribution in [0.1, 0.15) is 44.2 Å². The maximum Gasteiger partial charge on any atom is 0.573 e. The number of hydrogen-bond donors (Lipinski definition) is 1.